The number of benzene rings is 1. The first kappa shape index (κ1) is 10.3. The van der Waals surface area contributed by atoms with Crippen LogP contribution in [0, 0.1) is 11.7 Å². The highest BCUT2D eigenvalue weighted by Gasteiger charge is 2.17. The van der Waals surface area contributed by atoms with Gasteiger partial charge in [-0.15, -0.1) is 0 Å². The van der Waals surface area contributed by atoms with Crippen molar-refractivity contribution < 1.29 is 9.50 Å². The summed E-state index contributed by atoms with van der Waals surface area (Å²) in [6.45, 7) is 1.71. The molecule has 1 atom stereocenters. The van der Waals surface area contributed by atoms with Gasteiger partial charge in [0.2, 0.25) is 0 Å². The molecule has 1 aliphatic rings. The summed E-state index contributed by atoms with van der Waals surface area (Å²) in [5, 5.41) is 12.4. The Morgan fingerprint density at radius 2 is 2.07 bits per heavy atom. The Labute approximate surface area is 88.4 Å². The van der Waals surface area contributed by atoms with Gasteiger partial charge < -0.3 is 10.4 Å². The second-order valence-corrected chi connectivity index (χ2v) is 3.70. The van der Waals surface area contributed by atoms with Crippen LogP contribution in [0.3, 0.4) is 0 Å². The Bertz CT molecular complexity index is 358. The van der Waals surface area contributed by atoms with Gasteiger partial charge in [-0.3, -0.25) is 0 Å². The largest absolute Gasteiger partial charge is 0.396 e. The lowest BCUT2D eigenvalue weighted by Gasteiger charge is -2.23. The van der Waals surface area contributed by atoms with Gasteiger partial charge in [-0.2, -0.15) is 0 Å². The molecule has 0 fully saturated rings. The van der Waals surface area contributed by atoms with Crippen molar-refractivity contribution >= 4 is 5.57 Å². The zero-order chi connectivity index (χ0) is 10.7. The average molecular weight is 207 g/mol. The van der Waals surface area contributed by atoms with E-state index >= 15 is 0 Å². The van der Waals surface area contributed by atoms with Gasteiger partial charge in [-0.25, -0.2) is 4.39 Å². The van der Waals surface area contributed by atoms with E-state index in [-0.39, 0.29) is 18.3 Å². The summed E-state index contributed by atoms with van der Waals surface area (Å²) in [6, 6.07) is 6.42. The summed E-state index contributed by atoms with van der Waals surface area (Å²) in [7, 11) is 0. The van der Waals surface area contributed by atoms with Crippen LogP contribution in [-0.4, -0.2) is 24.8 Å². The van der Waals surface area contributed by atoms with E-state index in [1.165, 1.54) is 12.1 Å². The maximum absolute atomic E-state index is 12.8. The third kappa shape index (κ3) is 2.25. The van der Waals surface area contributed by atoms with Gasteiger partial charge in [-0.1, -0.05) is 18.2 Å². The Morgan fingerprint density at radius 1 is 1.33 bits per heavy atom. The third-order valence-corrected chi connectivity index (χ3v) is 2.69. The molecule has 15 heavy (non-hydrogen) atoms. The molecule has 1 aromatic rings. The molecule has 2 rings (SSSR count). The SMILES string of the molecule is OCC1CNCC=C1c1ccc(F)cc1. The monoisotopic (exact) mass is 207 g/mol. The Hall–Kier alpha value is -1.19. The molecule has 2 nitrogen and oxygen atoms in total. The molecule has 1 unspecified atom stereocenters. The van der Waals surface area contributed by atoms with Crippen LogP contribution in [0.5, 0.6) is 0 Å². The van der Waals surface area contributed by atoms with E-state index in [0.29, 0.717) is 0 Å². The number of aliphatic hydroxyl groups is 1. The Morgan fingerprint density at radius 3 is 2.73 bits per heavy atom. The summed E-state index contributed by atoms with van der Waals surface area (Å²) in [4.78, 5) is 0. The molecule has 0 bridgehead atoms. The molecule has 0 spiro atoms. The molecule has 0 aromatic heterocycles. The Kier molecular flexibility index (Phi) is 3.14. The van der Waals surface area contributed by atoms with Crippen LogP contribution in [0.2, 0.25) is 0 Å². The molecule has 0 radical (unpaired) electrons. The van der Waals surface area contributed by atoms with Gasteiger partial charge in [0.25, 0.3) is 0 Å². The number of hydrogen-bond acceptors (Lipinski definition) is 2. The summed E-state index contributed by atoms with van der Waals surface area (Å²) < 4.78 is 12.8. The van der Waals surface area contributed by atoms with Crippen LogP contribution in [0.4, 0.5) is 4.39 Å². The molecular formula is C12H14FNO. The predicted molar refractivity (Wildman–Crippen MR) is 57.8 cm³/mol. The fourth-order valence-electron chi connectivity index (χ4n) is 1.88. The van der Waals surface area contributed by atoms with Crippen molar-refractivity contribution in [3.63, 3.8) is 0 Å². The van der Waals surface area contributed by atoms with Crippen molar-refractivity contribution in [2.45, 2.75) is 0 Å². The average Bonchev–Trinajstić information content (AvgIpc) is 2.30. The molecule has 0 amide bonds. The van der Waals surface area contributed by atoms with E-state index in [1.807, 2.05) is 0 Å². The minimum Gasteiger partial charge on any atom is -0.396 e. The zero-order valence-corrected chi connectivity index (χ0v) is 8.41. The number of aliphatic hydroxyl groups excluding tert-OH is 1. The van der Waals surface area contributed by atoms with Crippen LogP contribution in [0.15, 0.2) is 30.3 Å². The lowest BCUT2D eigenvalue weighted by atomic mass is 9.90. The van der Waals surface area contributed by atoms with Gasteiger partial charge in [0.1, 0.15) is 5.82 Å². The van der Waals surface area contributed by atoms with Crippen LogP contribution in [0.25, 0.3) is 5.57 Å². The normalized spacial score (nSPS) is 21.2. The second-order valence-electron chi connectivity index (χ2n) is 3.70. The zero-order valence-electron chi connectivity index (χ0n) is 8.41. The van der Waals surface area contributed by atoms with Crippen LogP contribution in [0.1, 0.15) is 5.56 Å². The second kappa shape index (κ2) is 4.55. The first-order valence-electron chi connectivity index (χ1n) is 5.09. The molecular weight excluding hydrogens is 193 g/mol. The summed E-state index contributed by atoms with van der Waals surface area (Å²) in [6.07, 6.45) is 2.05. The standard InChI is InChI=1S/C12H14FNO/c13-11-3-1-9(2-4-11)12-5-6-14-7-10(12)8-15/h1-5,10,14-15H,6-8H2. The van der Waals surface area contributed by atoms with E-state index in [9.17, 15) is 9.50 Å². The molecule has 80 valence electrons. The predicted octanol–water partition coefficient (Wildman–Crippen LogP) is 1.42. The van der Waals surface area contributed by atoms with Gasteiger partial charge in [-0.05, 0) is 23.3 Å². The van der Waals surface area contributed by atoms with Crippen molar-refractivity contribution in [1.29, 1.82) is 0 Å². The van der Waals surface area contributed by atoms with E-state index in [4.69, 9.17) is 0 Å². The molecule has 1 aliphatic heterocycles. The molecule has 3 heteroatoms. The highest BCUT2D eigenvalue weighted by molar-refractivity contribution is 5.68. The van der Waals surface area contributed by atoms with Gasteiger partial charge in [0.15, 0.2) is 0 Å². The first-order chi connectivity index (χ1) is 7.31. The van der Waals surface area contributed by atoms with Crippen LogP contribution >= 0.6 is 0 Å². The highest BCUT2D eigenvalue weighted by atomic mass is 19.1. The summed E-state index contributed by atoms with van der Waals surface area (Å²) >= 11 is 0. The molecule has 0 saturated carbocycles. The molecule has 2 N–H and O–H groups in total. The van der Waals surface area contributed by atoms with Crippen molar-refractivity contribution in [3.05, 3.63) is 41.7 Å². The smallest absolute Gasteiger partial charge is 0.123 e. The first-order valence-corrected chi connectivity index (χ1v) is 5.09. The molecule has 0 saturated heterocycles. The minimum atomic E-state index is -0.228. The van der Waals surface area contributed by atoms with E-state index in [2.05, 4.69) is 11.4 Å². The van der Waals surface area contributed by atoms with E-state index in [0.717, 1.165) is 24.2 Å². The van der Waals surface area contributed by atoms with E-state index in [1.54, 1.807) is 12.1 Å². The van der Waals surface area contributed by atoms with Gasteiger partial charge in [0.05, 0.1) is 6.61 Å². The fourth-order valence-corrected chi connectivity index (χ4v) is 1.88. The maximum Gasteiger partial charge on any atom is 0.123 e. The molecule has 0 aliphatic carbocycles. The van der Waals surface area contributed by atoms with Crippen molar-refractivity contribution in [1.82, 2.24) is 5.32 Å². The molecule has 1 aromatic carbocycles. The number of nitrogens with one attached hydrogen (secondary N) is 1. The lowest BCUT2D eigenvalue weighted by Crippen LogP contribution is -2.30. The Balaban J connectivity index is 2.28. The highest BCUT2D eigenvalue weighted by Crippen LogP contribution is 2.24. The number of hydrogen-bond donors (Lipinski definition) is 2. The number of rotatable bonds is 2. The van der Waals surface area contributed by atoms with Crippen molar-refractivity contribution in [2.75, 3.05) is 19.7 Å². The topological polar surface area (TPSA) is 32.3 Å². The minimum absolute atomic E-state index is 0.115. The van der Waals surface area contributed by atoms with Gasteiger partial charge in [0, 0.05) is 19.0 Å². The van der Waals surface area contributed by atoms with Crippen LogP contribution in [-0.2, 0) is 0 Å². The lowest BCUT2D eigenvalue weighted by molar-refractivity contribution is 0.252. The summed E-state index contributed by atoms with van der Waals surface area (Å²) in [5.41, 5.74) is 2.10. The fraction of sp³-hybridized carbons (Fsp3) is 0.333. The number of halogens is 1. The molecule has 1 heterocycles. The van der Waals surface area contributed by atoms with E-state index < -0.39 is 0 Å². The van der Waals surface area contributed by atoms with Crippen LogP contribution < -0.4 is 5.32 Å². The maximum atomic E-state index is 12.8. The van der Waals surface area contributed by atoms with Crippen molar-refractivity contribution in [2.24, 2.45) is 5.92 Å². The van der Waals surface area contributed by atoms with Gasteiger partial charge >= 0.3 is 0 Å². The quantitative estimate of drug-likeness (QED) is 0.768. The third-order valence-electron chi connectivity index (χ3n) is 2.69. The van der Waals surface area contributed by atoms with Crippen molar-refractivity contribution in [3.8, 4) is 0 Å². The summed E-state index contributed by atoms with van der Waals surface area (Å²) in [5.74, 6) is -0.113.